The van der Waals surface area contributed by atoms with E-state index < -0.39 is 0 Å². The molecule has 5 aromatic rings. The van der Waals surface area contributed by atoms with Crippen molar-refractivity contribution < 1.29 is 0 Å². The van der Waals surface area contributed by atoms with Crippen molar-refractivity contribution in [1.29, 1.82) is 0 Å². The Hall–Kier alpha value is -3.14. The van der Waals surface area contributed by atoms with Crippen LogP contribution in [0.3, 0.4) is 0 Å². The van der Waals surface area contributed by atoms with Crippen molar-refractivity contribution in [3.63, 3.8) is 0 Å². The first-order chi connectivity index (χ1) is 13.3. The summed E-state index contributed by atoms with van der Waals surface area (Å²) in [6.07, 6.45) is 0. The van der Waals surface area contributed by atoms with Crippen molar-refractivity contribution >= 4 is 42.9 Å². The first kappa shape index (κ1) is 16.1. The van der Waals surface area contributed by atoms with Crippen LogP contribution >= 0.6 is 11.3 Å². The molecule has 130 valence electrons. The van der Waals surface area contributed by atoms with Gasteiger partial charge in [-0.15, -0.1) is 11.3 Å². The Morgan fingerprint density at radius 3 is 2.00 bits per heavy atom. The van der Waals surface area contributed by atoms with Gasteiger partial charge in [-0.1, -0.05) is 60.7 Å². The van der Waals surface area contributed by atoms with Crippen molar-refractivity contribution in [1.82, 2.24) is 0 Å². The number of hydrogen-bond donors (Lipinski definition) is 1. The van der Waals surface area contributed by atoms with Crippen LogP contribution in [0.2, 0.25) is 0 Å². The van der Waals surface area contributed by atoms with E-state index in [1.165, 1.54) is 31.3 Å². The molecular weight excluding hydrogens is 348 g/mol. The maximum atomic E-state index is 6.45. The Labute approximate surface area is 162 Å². The number of thiophene rings is 1. The number of hydrogen-bond acceptors (Lipinski definition) is 3. The molecule has 3 heteroatoms. The van der Waals surface area contributed by atoms with Gasteiger partial charge in [0.15, 0.2) is 0 Å². The van der Waals surface area contributed by atoms with E-state index in [2.05, 4.69) is 91.0 Å². The SMILES string of the molecule is NN(c1ccc(-c2ccccc2)cc1)c1ccc2sc3ccccc3c2c1. The predicted molar refractivity (Wildman–Crippen MR) is 118 cm³/mol. The molecule has 5 rings (SSSR count). The third kappa shape index (κ3) is 2.87. The van der Waals surface area contributed by atoms with E-state index in [4.69, 9.17) is 5.84 Å². The fourth-order valence-electron chi connectivity index (χ4n) is 3.46. The van der Waals surface area contributed by atoms with Gasteiger partial charge in [-0.2, -0.15) is 0 Å². The first-order valence-electron chi connectivity index (χ1n) is 8.91. The number of benzene rings is 4. The monoisotopic (exact) mass is 366 g/mol. The molecule has 0 spiro atoms. The lowest BCUT2D eigenvalue weighted by Gasteiger charge is -2.19. The summed E-state index contributed by atoms with van der Waals surface area (Å²) in [5.41, 5.74) is 4.35. The number of rotatable bonds is 3. The second kappa shape index (κ2) is 6.54. The molecule has 0 atom stereocenters. The lowest BCUT2D eigenvalue weighted by Crippen LogP contribution is -2.24. The molecule has 0 unspecified atom stereocenters. The molecule has 0 bridgehead atoms. The molecule has 0 aliphatic carbocycles. The molecule has 2 N–H and O–H groups in total. The molecule has 0 amide bonds. The van der Waals surface area contributed by atoms with Crippen LogP contribution in [-0.4, -0.2) is 0 Å². The van der Waals surface area contributed by atoms with Gasteiger partial charge in [0.25, 0.3) is 0 Å². The summed E-state index contributed by atoms with van der Waals surface area (Å²) in [7, 11) is 0. The standard InChI is InChI=1S/C24H18N2S/c25-26(19-12-10-18(11-13-19)17-6-2-1-3-7-17)20-14-15-24-22(16-20)21-8-4-5-9-23(21)27-24/h1-16H,25H2. The highest BCUT2D eigenvalue weighted by Gasteiger charge is 2.09. The highest BCUT2D eigenvalue weighted by Crippen LogP contribution is 2.36. The van der Waals surface area contributed by atoms with Crippen molar-refractivity contribution in [2.45, 2.75) is 0 Å². The molecule has 0 radical (unpaired) electrons. The summed E-state index contributed by atoms with van der Waals surface area (Å²) in [6, 6.07) is 33.7. The minimum atomic E-state index is 0.966. The number of nitrogens with two attached hydrogens (primary N) is 1. The second-order valence-electron chi connectivity index (χ2n) is 6.56. The molecule has 0 saturated heterocycles. The number of hydrazine groups is 1. The average Bonchev–Trinajstić information content (AvgIpc) is 3.12. The normalized spacial score (nSPS) is 11.1. The lowest BCUT2D eigenvalue weighted by atomic mass is 10.1. The predicted octanol–water partition coefficient (Wildman–Crippen LogP) is 6.73. The van der Waals surface area contributed by atoms with Gasteiger partial charge in [0.2, 0.25) is 0 Å². The largest absolute Gasteiger partial charge is 0.280 e. The highest BCUT2D eigenvalue weighted by atomic mass is 32.1. The minimum absolute atomic E-state index is 0.966. The van der Waals surface area contributed by atoms with Gasteiger partial charge in [-0.3, -0.25) is 5.01 Å². The third-order valence-electron chi connectivity index (χ3n) is 4.89. The van der Waals surface area contributed by atoms with E-state index in [1.54, 1.807) is 5.01 Å². The van der Waals surface area contributed by atoms with Gasteiger partial charge in [-0.25, -0.2) is 5.84 Å². The molecular formula is C24H18N2S. The van der Waals surface area contributed by atoms with Gasteiger partial charge in [-0.05, 0) is 47.5 Å². The molecule has 1 aromatic heterocycles. The summed E-state index contributed by atoms with van der Waals surface area (Å²) in [6.45, 7) is 0. The van der Waals surface area contributed by atoms with Crippen LogP contribution < -0.4 is 10.9 Å². The van der Waals surface area contributed by atoms with Gasteiger partial charge in [0.1, 0.15) is 0 Å². The van der Waals surface area contributed by atoms with E-state index in [9.17, 15) is 0 Å². The minimum Gasteiger partial charge on any atom is -0.280 e. The Morgan fingerprint density at radius 2 is 1.19 bits per heavy atom. The topological polar surface area (TPSA) is 29.3 Å². The van der Waals surface area contributed by atoms with E-state index >= 15 is 0 Å². The number of anilines is 2. The van der Waals surface area contributed by atoms with Crippen LogP contribution in [0.1, 0.15) is 0 Å². The molecule has 1 heterocycles. The Bertz CT molecular complexity index is 1220. The molecule has 0 saturated carbocycles. The summed E-state index contributed by atoms with van der Waals surface area (Å²) >= 11 is 1.82. The van der Waals surface area contributed by atoms with E-state index in [-0.39, 0.29) is 0 Å². The zero-order chi connectivity index (χ0) is 18.2. The van der Waals surface area contributed by atoms with Gasteiger partial charge >= 0.3 is 0 Å². The summed E-state index contributed by atoms with van der Waals surface area (Å²) < 4.78 is 2.59. The van der Waals surface area contributed by atoms with E-state index in [0.717, 1.165) is 11.4 Å². The molecule has 2 nitrogen and oxygen atoms in total. The van der Waals surface area contributed by atoms with E-state index in [0.29, 0.717) is 0 Å². The maximum absolute atomic E-state index is 6.45. The molecule has 4 aromatic carbocycles. The average molecular weight is 366 g/mol. The Kier molecular flexibility index (Phi) is 3.89. The molecule has 0 aliphatic rings. The van der Waals surface area contributed by atoms with Crippen LogP contribution in [0.4, 0.5) is 11.4 Å². The second-order valence-corrected chi connectivity index (χ2v) is 7.65. The highest BCUT2D eigenvalue weighted by molar-refractivity contribution is 7.25. The maximum Gasteiger partial charge on any atom is 0.0582 e. The third-order valence-corrected chi connectivity index (χ3v) is 6.04. The molecule has 27 heavy (non-hydrogen) atoms. The summed E-state index contributed by atoms with van der Waals surface area (Å²) in [5.74, 6) is 6.45. The number of fused-ring (bicyclic) bond motifs is 3. The molecule has 0 aliphatic heterocycles. The van der Waals surface area contributed by atoms with Crippen LogP contribution in [0.15, 0.2) is 97.1 Å². The van der Waals surface area contributed by atoms with Crippen molar-refractivity contribution in [3.05, 3.63) is 97.1 Å². The van der Waals surface area contributed by atoms with Crippen LogP contribution in [0.25, 0.3) is 31.3 Å². The van der Waals surface area contributed by atoms with E-state index in [1.807, 2.05) is 17.4 Å². The Balaban J connectivity index is 1.51. The van der Waals surface area contributed by atoms with Gasteiger partial charge in [0.05, 0.1) is 11.4 Å². The fourth-order valence-corrected chi connectivity index (χ4v) is 4.54. The summed E-state index contributed by atoms with van der Waals surface area (Å²) in [5, 5.41) is 4.29. The zero-order valence-corrected chi connectivity index (χ0v) is 15.5. The fraction of sp³-hybridized carbons (Fsp3) is 0. The number of nitrogens with zero attached hydrogens (tertiary/aromatic N) is 1. The zero-order valence-electron chi connectivity index (χ0n) is 14.7. The molecule has 0 fully saturated rings. The van der Waals surface area contributed by atoms with Crippen LogP contribution in [-0.2, 0) is 0 Å². The van der Waals surface area contributed by atoms with Crippen molar-refractivity contribution in [2.75, 3.05) is 5.01 Å². The Morgan fingerprint density at radius 1 is 0.556 bits per heavy atom. The van der Waals surface area contributed by atoms with Gasteiger partial charge in [0, 0.05) is 20.2 Å². The quantitative estimate of drug-likeness (QED) is 0.283. The van der Waals surface area contributed by atoms with Gasteiger partial charge < -0.3 is 0 Å². The first-order valence-corrected chi connectivity index (χ1v) is 9.73. The smallest absolute Gasteiger partial charge is 0.0582 e. The van der Waals surface area contributed by atoms with Crippen molar-refractivity contribution in [2.24, 2.45) is 5.84 Å². The summed E-state index contributed by atoms with van der Waals surface area (Å²) in [4.78, 5) is 0. The lowest BCUT2D eigenvalue weighted by molar-refractivity contribution is 1.09. The van der Waals surface area contributed by atoms with Crippen LogP contribution in [0.5, 0.6) is 0 Å². The van der Waals surface area contributed by atoms with Crippen molar-refractivity contribution in [3.8, 4) is 11.1 Å². The van der Waals surface area contributed by atoms with Crippen LogP contribution in [0, 0.1) is 0 Å².